The highest BCUT2D eigenvalue weighted by Gasteiger charge is 2.02. The number of nitrogens with one attached hydrogen (secondary N) is 1. The number of aromatic nitrogens is 1. The minimum atomic E-state index is 0.879. The van der Waals surface area contributed by atoms with Gasteiger partial charge in [-0.15, -0.1) is 22.7 Å². The molecule has 0 saturated heterocycles. The summed E-state index contributed by atoms with van der Waals surface area (Å²) in [6, 6.07) is 2.24. The Kier molecular flexibility index (Phi) is 2.84. The summed E-state index contributed by atoms with van der Waals surface area (Å²) in [6.45, 7) is 5.19. The van der Waals surface area contributed by atoms with Crippen LogP contribution in [0.4, 0.5) is 5.13 Å². The van der Waals surface area contributed by atoms with Crippen molar-refractivity contribution in [2.24, 2.45) is 0 Å². The lowest BCUT2D eigenvalue weighted by Gasteiger charge is -2.00. The van der Waals surface area contributed by atoms with Gasteiger partial charge in [0.2, 0.25) is 0 Å². The van der Waals surface area contributed by atoms with Crippen LogP contribution in [0.3, 0.4) is 0 Å². The number of aryl methyl sites for hydroxylation is 2. The molecule has 0 bridgehead atoms. The first-order valence-corrected chi connectivity index (χ1v) is 6.14. The standard InChI is InChI=1S/C10H12N2S2/c1-7-5-9(8(2)14-7)6-12-10-11-3-4-13-10/h3-5H,6H2,1-2H3,(H,11,12). The first-order valence-electron chi connectivity index (χ1n) is 4.45. The third-order valence-corrected chi connectivity index (χ3v) is 3.75. The van der Waals surface area contributed by atoms with E-state index in [9.17, 15) is 0 Å². The van der Waals surface area contributed by atoms with Crippen molar-refractivity contribution in [1.82, 2.24) is 4.98 Å². The van der Waals surface area contributed by atoms with Gasteiger partial charge in [-0.3, -0.25) is 0 Å². The Bertz CT molecular complexity index is 404. The Labute approximate surface area is 91.6 Å². The fourth-order valence-electron chi connectivity index (χ4n) is 1.34. The molecule has 1 N–H and O–H groups in total. The second-order valence-electron chi connectivity index (χ2n) is 3.13. The molecule has 4 heteroatoms. The van der Waals surface area contributed by atoms with Crippen molar-refractivity contribution in [3.63, 3.8) is 0 Å². The van der Waals surface area contributed by atoms with Gasteiger partial charge in [0.05, 0.1) is 0 Å². The van der Waals surface area contributed by atoms with E-state index in [2.05, 4.69) is 30.2 Å². The van der Waals surface area contributed by atoms with E-state index in [4.69, 9.17) is 0 Å². The number of anilines is 1. The van der Waals surface area contributed by atoms with E-state index in [1.165, 1.54) is 15.3 Å². The van der Waals surface area contributed by atoms with Crippen molar-refractivity contribution < 1.29 is 0 Å². The van der Waals surface area contributed by atoms with Gasteiger partial charge in [0.1, 0.15) is 0 Å². The van der Waals surface area contributed by atoms with E-state index < -0.39 is 0 Å². The molecule has 0 atom stereocenters. The summed E-state index contributed by atoms with van der Waals surface area (Å²) >= 11 is 3.49. The Hall–Kier alpha value is -0.870. The van der Waals surface area contributed by atoms with Gasteiger partial charge in [-0.2, -0.15) is 0 Å². The summed E-state index contributed by atoms with van der Waals surface area (Å²) in [7, 11) is 0. The molecule has 0 saturated carbocycles. The van der Waals surface area contributed by atoms with Gasteiger partial charge >= 0.3 is 0 Å². The molecular weight excluding hydrogens is 212 g/mol. The highest BCUT2D eigenvalue weighted by Crippen LogP contribution is 2.21. The van der Waals surface area contributed by atoms with Crippen molar-refractivity contribution in [1.29, 1.82) is 0 Å². The third kappa shape index (κ3) is 2.13. The quantitative estimate of drug-likeness (QED) is 0.864. The van der Waals surface area contributed by atoms with E-state index in [1.807, 2.05) is 22.9 Å². The van der Waals surface area contributed by atoms with Crippen LogP contribution in [0.2, 0.25) is 0 Å². The average Bonchev–Trinajstić information content (AvgIpc) is 2.72. The zero-order valence-corrected chi connectivity index (χ0v) is 9.84. The van der Waals surface area contributed by atoms with Gasteiger partial charge in [-0.1, -0.05) is 0 Å². The van der Waals surface area contributed by atoms with Gasteiger partial charge in [-0.05, 0) is 25.5 Å². The number of rotatable bonds is 3. The highest BCUT2D eigenvalue weighted by atomic mass is 32.1. The maximum absolute atomic E-state index is 4.18. The second kappa shape index (κ2) is 4.11. The fourth-order valence-corrected chi connectivity index (χ4v) is 2.81. The van der Waals surface area contributed by atoms with Crippen molar-refractivity contribution in [2.75, 3.05) is 5.32 Å². The van der Waals surface area contributed by atoms with Crippen molar-refractivity contribution in [3.05, 3.63) is 33.0 Å². The molecule has 0 unspecified atom stereocenters. The van der Waals surface area contributed by atoms with Crippen molar-refractivity contribution in [2.45, 2.75) is 20.4 Å². The lowest BCUT2D eigenvalue weighted by atomic mass is 10.2. The highest BCUT2D eigenvalue weighted by molar-refractivity contribution is 7.13. The van der Waals surface area contributed by atoms with Crippen LogP contribution in [-0.4, -0.2) is 4.98 Å². The monoisotopic (exact) mass is 224 g/mol. The summed E-state index contributed by atoms with van der Waals surface area (Å²) < 4.78 is 0. The number of thiazole rings is 1. The van der Waals surface area contributed by atoms with E-state index >= 15 is 0 Å². The molecule has 2 aromatic heterocycles. The molecule has 0 spiro atoms. The summed E-state index contributed by atoms with van der Waals surface area (Å²) in [6.07, 6.45) is 1.82. The van der Waals surface area contributed by atoms with Gasteiger partial charge in [0.15, 0.2) is 5.13 Å². The zero-order chi connectivity index (χ0) is 9.97. The maximum Gasteiger partial charge on any atom is 0.182 e. The van der Waals surface area contributed by atoms with E-state index in [1.54, 1.807) is 11.3 Å². The molecule has 0 amide bonds. The van der Waals surface area contributed by atoms with E-state index in [-0.39, 0.29) is 0 Å². The van der Waals surface area contributed by atoms with Crippen LogP contribution in [0.25, 0.3) is 0 Å². The lowest BCUT2D eigenvalue weighted by molar-refractivity contribution is 1.13. The van der Waals surface area contributed by atoms with Crippen LogP contribution in [0, 0.1) is 13.8 Å². The lowest BCUT2D eigenvalue weighted by Crippen LogP contribution is -1.98. The molecule has 14 heavy (non-hydrogen) atoms. The molecule has 0 aliphatic rings. The molecule has 2 aromatic rings. The molecule has 2 nitrogen and oxygen atoms in total. The SMILES string of the molecule is Cc1cc(CNc2nccs2)c(C)s1. The molecule has 74 valence electrons. The largest absolute Gasteiger partial charge is 0.357 e. The molecule has 0 aromatic carbocycles. The van der Waals surface area contributed by atoms with Gasteiger partial charge < -0.3 is 5.32 Å². The van der Waals surface area contributed by atoms with Crippen LogP contribution in [0.15, 0.2) is 17.6 Å². The van der Waals surface area contributed by atoms with Gasteiger partial charge in [0, 0.05) is 27.9 Å². The van der Waals surface area contributed by atoms with Gasteiger partial charge in [-0.25, -0.2) is 4.98 Å². The predicted molar refractivity (Wildman–Crippen MR) is 63.2 cm³/mol. The molecule has 2 heterocycles. The van der Waals surface area contributed by atoms with E-state index in [0.29, 0.717) is 0 Å². The molecule has 0 radical (unpaired) electrons. The molecule has 0 aliphatic carbocycles. The molecule has 0 aliphatic heterocycles. The predicted octanol–water partition coefficient (Wildman–Crippen LogP) is 3.43. The smallest absolute Gasteiger partial charge is 0.182 e. The van der Waals surface area contributed by atoms with Crippen LogP contribution < -0.4 is 5.32 Å². The Morgan fingerprint density at radius 3 is 2.86 bits per heavy atom. The van der Waals surface area contributed by atoms with Crippen LogP contribution in [-0.2, 0) is 6.54 Å². The minimum absolute atomic E-state index is 0.879. The normalized spacial score (nSPS) is 10.4. The Morgan fingerprint density at radius 2 is 2.29 bits per heavy atom. The molecule has 0 fully saturated rings. The van der Waals surface area contributed by atoms with Crippen molar-refractivity contribution in [3.8, 4) is 0 Å². The van der Waals surface area contributed by atoms with Crippen LogP contribution >= 0.6 is 22.7 Å². The fraction of sp³-hybridized carbons (Fsp3) is 0.300. The summed E-state index contributed by atoms with van der Waals surface area (Å²) in [5.74, 6) is 0. The van der Waals surface area contributed by atoms with Crippen LogP contribution in [0.5, 0.6) is 0 Å². The first-order chi connectivity index (χ1) is 6.75. The average molecular weight is 224 g/mol. The summed E-state index contributed by atoms with van der Waals surface area (Å²) in [5.41, 5.74) is 1.38. The Balaban J connectivity index is 2.01. The number of nitrogens with zero attached hydrogens (tertiary/aromatic N) is 1. The summed E-state index contributed by atoms with van der Waals surface area (Å²) in [5, 5.41) is 6.28. The number of thiophene rings is 1. The Morgan fingerprint density at radius 1 is 1.43 bits per heavy atom. The topological polar surface area (TPSA) is 24.9 Å². The molecule has 2 rings (SSSR count). The molecular formula is C10H12N2S2. The first kappa shape index (κ1) is 9.68. The number of hydrogen-bond acceptors (Lipinski definition) is 4. The van der Waals surface area contributed by atoms with E-state index in [0.717, 1.165) is 11.7 Å². The van der Waals surface area contributed by atoms with Crippen LogP contribution in [0.1, 0.15) is 15.3 Å². The maximum atomic E-state index is 4.18. The minimum Gasteiger partial charge on any atom is -0.357 e. The third-order valence-electron chi connectivity index (χ3n) is 2.01. The summed E-state index contributed by atoms with van der Waals surface area (Å²) in [4.78, 5) is 6.95. The second-order valence-corrected chi connectivity index (χ2v) is 5.48. The van der Waals surface area contributed by atoms with Gasteiger partial charge in [0.25, 0.3) is 0 Å². The van der Waals surface area contributed by atoms with Crippen molar-refractivity contribution >= 4 is 27.8 Å². The zero-order valence-electron chi connectivity index (χ0n) is 8.20. The number of hydrogen-bond donors (Lipinski definition) is 1.